The molecule has 1 aromatic rings. The maximum absolute atomic E-state index is 11.1. The predicted molar refractivity (Wildman–Crippen MR) is 80.3 cm³/mol. The van der Waals surface area contributed by atoms with Crippen molar-refractivity contribution in [1.29, 1.82) is 0 Å². The lowest BCUT2D eigenvalue weighted by molar-refractivity contribution is -0.123. The van der Waals surface area contributed by atoms with Crippen LogP contribution in [-0.2, 0) is 4.79 Å². The second-order valence-electron chi connectivity index (χ2n) is 4.94. The largest absolute Gasteiger partial charge is 0.491 e. The minimum Gasteiger partial charge on any atom is -0.491 e. The normalized spacial score (nSPS) is 17.1. The summed E-state index contributed by atoms with van der Waals surface area (Å²) in [6.07, 6.45) is 1.66. The molecule has 0 saturated carbocycles. The Morgan fingerprint density at radius 2 is 2.05 bits per heavy atom. The molecule has 2 rings (SSSR count). The second kappa shape index (κ2) is 7.16. The first-order valence-electron chi connectivity index (χ1n) is 6.66. The lowest BCUT2D eigenvalue weighted by Crippen LogP contribution is -2.40. The molecule has 110 valence electrons. The molecule has 1 fully saturated rings. The Kier molecular flexibility index (Phi) is 5.52. The van der Waals surface area contributed by atoms with Crippen LogP contribution in [0, 0.1) is 5.92 Å². The molecule has 4 nitrogen and oxygen atoms in total. The zero-order chi connectivity index (χ0) is 14.5. The Bertz CT molecular complexity index is 474. The number of hydrogen-bond acceptors (Lipinski definition) is 3. The zero-order valence-electron chi connectivity index (χ0n) is 11.1. The molecule has 1 aliphatic heterocycles. The van der Waals surface area contributed by atoms with Crippen molar-refractivity contribution >= 4 is 29.1 Å². The molecule has 1 amide bonds. The molecule has 0 atom stereocenters. The van der Waals surface area contributed by atoms with Crippen LogP contribution >= 0.6 is 23.2 Å². The molecule has 0 bridgehead atoms. The number of likely N-dealkylation sites (tertiary alicyclic amines) is 1. The number of nitrogens with two attached hydrogens (primary N) is 1. The third-order valence-electron chi connectivity index (χ3n) is 3.55. The number of hydrogen-bond donors (Lipinski definition) is 1. The fourth-order valence-electron chi connectivity index (χ4n) is 2.32. The van der Waals surface area contributed by atoms with Crippen molar-refractivity contribution < 1.29 is 9.53 Å². The van der Waals surface area contributed by atoms with Crippen molar-refractivity contribution in [3.8, 4) is 5.75 Å². The van der Waals surface area contributed by atoms with E-state index < -0.39 is 0 Å². The molecule has 1 saturated heterocycles. The summed E-state index contributed by atoms with van der Waals surface area (Å²) in [5.74, 6) is 0.481. The highest BCUT2D eigenvalue weighted by Gasteiger charge is 2.22. The maximum Gasteiger partial charge on any atom is 0.220 e. The average Bonchev–Trinajstić information content (AvgIpc) is 2.42. The van der Waals surface area contributed by atoms with Gasteiger partial charge < -0.3 is 10.5 Å². The van der Waals surface area contributed by atoms with Crippen molar-refractivity contribution in [3.63, 3.8) is 0 Å². The summed E-state index contributed by atoms with van der Waals surface area (Å²) >= 11 is 11.9. The number of halogens is 2. The average molecular weight is 317 g/mol. The number of amides is 1. The van der Waals surface area contributed by atoms with Crippen molar-refractivity contribution in [2.24, 2.45) is 11.7 Å². The first-order valence-corrected chi connectivity index (χ1v) is 7.41. The first-order chi connectivity index (χ1) is 9.56. The number of nitrogens with zero attached hydrogens (tertiary/aromatic N) is 1. The van der Waals surface area contributed by atoms with Gasteiger partial charge >= 0.3 is 0 Å². The number of carbonyl (C=O) groups excluding carboxylic acids is 1. The van der Waals surface area contributed by atoms with Gasteiger partial charge in [-0.15, -0.1) is 0 Å². The second-order valence-corrected chi connectivity index (χ2v) is 5.79. The third kappa shape index (κ3) is 4.27. The highest BCUT2D eigenvalue weighted by Crippen LogP contribution is 2.27. The van der Waals surface area contributed by atoms with Crippen LogP contribution in [0.2, 0.25) is 10.0 Å². The minimum atomic E-state index is -0.186. The molecule has 0 aromatic heterocycles. The quantitative estimate of drug-likeness (QED) is 0.908. The zero-order valence-corrected chi connectivity index (χ0v) is 12.7. The molecule has 0 spiro atoms. The fraction of sp³-hybridized carbons (Fsp3) is 0.500. The SMILES string of the molecule is NC(=O)C1CCN(CCOc2ccc(Cl)cc2Cl)CC1. The van der Waals surface area contributed by atoms with Gasteiger partial charge in [0.25, 0.3) is 0 Å². The van der Waals surface area contributed by atoms with Crippen LogP contribution in [0.3, 0.4) is 0 Å². The molecule has 20 heavy (non-hydrogen) atoms. The minimum absolute atomic E-state index is 0.0258. The monoisotopic (exact) mass is 316 g/mol. The highest BCUT2D eigenvalue weighted by molar-refractivity contribution is 6.35. The number of benzene rings is 1. The van der Waals surface area contributed by atoms with Gasteiger partial charge in [0.2, 0.25) is 5.91 Å². The lowest BCUT2D eigenvalue weighted by Gasteiger charge is -2.30. The van der Waals surface area contributed by atoms with Gasteiger partial charge in [-0.25, -0.2) is 0 Å². The standard InChI is InChI=1S/C14H18Cl2N2O2/c15-11-1-2-13(12(16)9-11)20-8-7-18-5-3-10(4-6-18)14(17)19/h1-2,9-10H,3-8H2,(H2,17,19). The Morgan fingerprint density at radius 1 is 1.35 bits per heavy atom. The number of ether oxygens (including phenoxy) is 1. The summed E-state index contributed by atoms with van der Waals surface area (Å²) in [5.41, 5.74) is 5.31. The predicted octanol–water partition coefficient (Wildman–Crippen LogP) is 2.57. The Balaban J connectivity index is 1.73. The molecule has 1 aromatic carbocycles. The van der Waals surface area contributed by atoms with Gasteiger partial charge in [0.15, 0.2) is 0 Å². The molecule has 1 heterocycles. The molecule has 2 N–H and O–H groups in total. The molecular formula is C14H18Cl2N2O2. The van der Waals surface area contributed by atoms with E-state index in [4.69, 9.17) is 33.7 Å². The Hall–Kier alpha value is -0.970. The van der Waals surface area contributed by atoms with Gasteiger partial charge in [0.05, 0.1) is 5.02 Å². The summed E-state index contributed by atoms with van der Waals surface area (Å²) in [6.45, 7) is 3.13. The van der Waals surface area contributed by atoms with E-state index in [2.05, 4.69) is 4.90 Å². The Labute approximate surface area is 128 Å². The molecule has 0 radical (unpaired) electrons. The molecule has 1 aliphatic rings. The number of primary amides is 1. The van der Waals surface area contributed by atoms with E-state index in [0.717, 1.165) is 32.5 Å². The summed E-state index contributed by atoms with van der Waals surface area (Å²) in [6, 6.07) is 5.18. The third-order valence-corrected chi connectivity index (χ3v) is 4.08. The van der Waals surface area contributed by atoms with Crippen molar-refractivity contribution in [2.75, 3.05) is 26.2 Å². The Morgan fingerprint density at radius 3 is 2.65 bits per heavy atom. The first kappa shape index (κ1) is 15.4. The van der Waals surface area contributed by atoms with Gasteiger partial charge in [-0.05, 0) is 44.1 Å². The summed E-state index contributed by atoms with van der Waals surface area (Å²) in [7, 11) is 0. The van der Waals surface area contributed by atoms with Gasteiger partial charge in [-0.3, -0.25) is 9.69 Å². The van der Waals surface area contributed by atoms with Gasteiger partial charge in [-0.1, -0.05) is 23.2 Å². The van der Waals surface area contributed by atoms with E-state index >= 15 is 0 Å². The molecule has 6 heteroatoms. The summed E-state index contributed by atoms with van der Waals surface area (Å²) < 4.78 is 5.64. The molecule has 0 unspecified atom stereocenters. The fourth-order valence-corrected chi connectivity index (χ4v) is 2.78. The van der Waals surface area contributed by atoms with E-state index in [1.54, 1.807) is 18.2 Å². The van der Waals surface area contributed by atoms with Gasteiger partial charge in [0.1, 0.15) is 12.4 Å². The van der Waals surface area contributed by atoms with E-state index in [0.29, 0.717) is 22.4 Å². The van der Waals surface area contributed by atoms with Crippen LogP contribution < -0.4 is 10.5 Å². The van der Waals surface area contributed by atoms with Crippen molar-refractivity contribution in [1.82, 2.24) is 4.90 Å². The van der Waals surface area contributed by atoms with Crippen molar-refractivity contribution in [3.05, 3.63) is 28.2 Å². The number of piperidine rings is 1. The summed E-state index contributed by atoms with van der Waals surface area (Å²) in [4.78, 5) is 13.3. The van der Waals surface area contributed by atoms with Crippen molar-refractivity contribution in [2.45, 2.75) is 12.8 Å². The van der Waals surface area contributed by atoms with Crippen LogP contribution in [-0.4, -0.2) is 37.0 Å². The van der Waals surface area contributed by atoms with Crippen LogP contribution in [0.4, 0.5) is 0 Å². The van der Waals surface area contributed by atoms with E-state index in [-0.39, 0.29) is 11.8 Å². The van der Waals surface area contributed by atoms with E-state index in [1.807, 2.05) is 0 Å². The van der Waals surface area contributed by atoms with E-state index in [9.17, 15) is 4.79 Å². The van der Waals surface area contributed by atoms with Gasteiger partial charge in [-0.2, -0.15) is 0 Å². The van der Waals surface area contributed by atoms with E-state index in [1.165, 1.54) is 0 Å². The van der Waals surface area contributed by atoms with Crippen LogP contribution in [0.25, 0.3) is 0 Å². The van der Waals surface area contributed by atoms with Crippen LogP contribution in [0.15, 0.2) is 18.2 Å². The van der Waals surface area contributed by atoms with Crippen LogP contribution in [0.1, 0.15) is 12.8 Å². The van der Waals surface area contributed by atoms with Crippen LogP contribution in [0.5, 0.6) is 5.75 Å². The molecule has 0 aliphatic carbocycles. The smallest absolute Gasteiger partial charge is 0.220 e. The topological polar surface area (TPSA) is 55.6 Å². The molecular weight excluding hydrogens is 299 g/mol. The summed E-state index contributed by atoms with van der Waals surface area (Å²) in [5, 5.41) is 1.11. The number of carbonyl (C=O) groups is 1. The maximum atomic E-state index is 11.1. The lowest BCUT2D eigenvalue weighted by atomic mass is 9.96. The number of rotatable bonds is 5. The van der Waals surface area contributed by atoms with Gasteiger partial charge in [0, 0.05) is 17.5 Å². The highest BCUT2D eigenvalue weighted by atomic mass is 35.5.